The number of halogens is 1. The molecule has 1 unspecified atom stereocenters. The number of benzene rings is 1. The van der Waals surface area contributed by atoms with Gasteiger partial charge in [-0.3, -0.25) is 10.1 Å². The van der Waals surface area contributed by atoms with Crippen LogP contribution in [0.2, 0.25) is 0 Å². The minimum Gasteiger partial charge on any atom is -0.392 e. The Labute approximate surface area is 113 Å². The Kier molecular flexibility index (Phi) is 4.31. The maximum Gasteiger partial charge on any atom is 0.270 e. The number of nitrogens with zero attached hydrogens (tertiary/aromatic N) is 1. The van der Waals surface area contributed by atoms with Crippen molar-refractivity contribution in [1.29, 1.82) is 0 Å². The molecule has 2 rings (SSSR count). The second kappa shape index (κ2) is 5.77. The molecule has 98 valence electrons. The van der Waals surface area contributed by atoms with E-state index in [9.17, 15) is 15.2 Å². The van der Waals surface area contributed by atoms with Gasteiger partial charge >= 0.3 is 0 Å². The van der Waals surface area contributed by atoms with Gasteiger partial charge in [0.05, 0.1) is 11.0 Å². The quantitative estimate of drug-likeness (QED) is 0.623. The lowest BCUT2D eigenvalue weighted by Gasteiger charge is -2.11. The first-order chi connectivity index (χ1) is 8.58. The predicted octanol–water partition coefficient (Wildman–Crippen LogP) is 2.22. The zero-order chi connectivity index (χ0) is 13.1. The highest BCUT2D eigenvalue weighted by Crippen LogP contribution is 2.32. The van der Waals surface area contributed by atoms with Crippen LogP contribution in [0.3, 0.4) is 0 Å². The maximum atomic E-state index is 10.6. The molecule has 1 aromatic carbocycles. The Morgan fingerprint density at radius 3 is 2.83 bits per heavy atom. The third kappa shape index (κ3) is 3.51. The summed E-state index contributed by atoms with van der Waals surface area (Å²) in [6.45, 7) is 1.15. The summed E-state index contributed by atoms with van der Waals surface area (Å²) in [6.07, 6.45) is 1.95. The molecule has 1 aliphatic rings. The SMILES string of the molecule is O=[N+]([O-])c1ccc(CNCC(O)C2CC2)c(Br)c1. The van der Waals surface area contributed by atoms with Crippen molar-refractivity contribution in [3.63, 3.8) is 0 Å². The molecule has 0 radical (unpaired) electrons. The summed E-state index contributed by atoms with van der Waals surface area (Å²) < 4.78 is 0.713. The highest BCUT2D eigenvalue weighted by molar-refractivity contribution is 9.10. The molecule has 0 heterocycles. The first kappa shape index (κ1) is 13.5. The van der Waals surface area contributed by atoms with Gasteiger partial charge in [-0.25, -0.2) is 0 Å². The molecule has 1 atom stereocenters. The van der Waals surface area contributed by atoms with Crippen LogP contribution >= 0.6 is 15.9 Å². The van der Waals surface area contributed by atoms with E-state index in [1.165, 1.54) is 12.1 Å². The Bertz CT molecular complexity index is 449. The number of aliphatic hydroxyl groups is 1. The van der Waals surface area contributed by atoms with Crippen LogP contribution in [0.25, 0.3) is 0 Å². The molecule has 0 spiro atoms. The molecule has 0 saturated heterocycles. The van der Waals surface area contributed by atoms with Gasteiger partial charge in [-0.1, -0.05) is 15.9 Å². The van der Waals surface area contributed by atoms with Crippen molar-refractivity contribution in [2.24, 2.45) is 5.92 Å². The van der Waals surface area contributed by atoms with E-state index in [2.05, 4.69) is 21.2 Å². The van der Waals surface area contributed by atoms with Crippen LogP contribution in [-0.4, -0.2) is 22.7 Å². The van der Waals surface area contributed by atoms with Crippen molar-refractivity contribution < 1.29 is 10.0 Å². The van der Waals surface area contributed by atoms with Crippen LogP contribution in [0.5, 0.6) is 0 Å². The predicted molar refractivity (Wildman–Crippen MR) is 71.2 cm³/mol. The van der Waals surface area contributed by atoms with Gasteiger partial charge in [-0.15, -0.1) is 0 Å². The van der Waals surface area contributed by atoms with Crippen LogP contribution in [-0.2, 0) is 6.54 Å². The summed E-state index contributed by atoms with van der Waals surface area (Å²) >= 11 is 3.32. The smallest absolute Gasteiger partial charge is 0.270 e. The van der Waals surface area contributed by atoms with Gasteiger partial charge in [0, 0.05) is 29.7 Å². The first-order valence-corrected chi connectivity index (χ1v) is 6.69. The summed E-state index contributed by atoms with van der Waals surface area (Å²) in [7, 11) is 0. The second-order valence-corrected chi connectivity index (χ2v) is 5.42. The normalized spacial score (nSPS) is 16.6. The first-order valence-electron chi connectivity index (χ1n) is 5.89. The van der Waals surface area contributed by atoms with Crippen molar-refractivity contribution in [3.8, 4) is 0 Å². The molecular weight excluding hydrogens is 300 g/mol. The van der Waals surface area contributed by atoms with Crippen LogP contribution in [0.1, 0.15) is 18.4 Å². The lowest BCUT2D eigenvalue weighted by molar-refractivity contribution is -0.384. The summed E-state index contributed by atoms with van der Waals surface area (Å²) in [6, 6.07) is 4.70. The average Bonchev–Trinajstić information content (AvgIpc) is 3.14. The minimum absolute atomic E-state index is 0.0728. The van der Waals surface area contributed by atoms with Gasteiger partial charge in [0.1, 0.15) is 0 Å². The van der Waals surface area contributed by atoms with E-state index in [0.717, 1.165) is 18.4 Å². The molecule has 1 saturated carbocycles. The molecule has 0 bridgehead atoms. The van der Waals surface area contributed by atoms with E-state index in [-0.39, 0.29) is 11.8 Å². The minimum atomic E-state index is -0.418. The molecule has 1 aromatic rings. The van der Waals surface area contributed by atoms with Crippen LogP contribution in [0, 0.1) is 16.0 Å². The van der Waals surface area contributed by atoms with Crippen LogP contribution < -0.4 is 5.32 Å². The fourth-order valence-corrected chi connectivity index (χ4v) is 2.30. The molecule has 0 aliphatic heterocycles. The molecule has 1 fully saturated rings. The van der Waals surface area contributed by atoms with Crippen molar-refractivity contribution in [3.05, 3.63) is 38.3 Å². The number of rotatable bonds is 6. The Hall–Kier alpha value is -0.980. The number of hydrogen-bond acceptors (Lipinski definition) is 4. The van der Waals surface area contributed by atoms with E-state index in [0.29, 0.717) is 23.5 Å². The monoisotopic (exact) mass is 314 g/mol. The number of aliphatic hydroxyl groups excluding tert-OH is 1. The fraction of sp³-hybridized carbons (Fsp3) is 0.500. The number of non-ortho nitro benzene ring substituents is 1. The number of nitro benzene ring substituents is 1. The van der Waals surface area contributed by atoms with Gasteiger partial charge in [-0.05, 0) is 30.4 Å². The topological polar surface area (TPSA) is 75.4 Å². The van der Waals surface area contributed by atoms with Crippen LogP contribution in [0.15, 0.2) is 22.7 Å². The third-order valence-corrected chi connectivity index (χ3v) is 3.82. The van der Waals surface area contributed by atoms with Gasteiger partial charge in [-0.2, -0.15) is 0 Å². The molecule has 0 aromatic heterocycles. The lowest BCUT2D eigenvalue weighted by Crippen LogP contribution is -2.27. The fourth-order valence-electron chi connectivity index (χ4n) is 1.80. The van der Waals surface area contributed by atoms with Crippen molar-refractivity contribution in [1.82, 2.24) is 5.32 Å². The highest BCUT2D eigenvalue weighted by atomic mass is 79.9. The van der Waals surface area contributed by atoms with Gasteiger partial charge in [0.2, 0.25) is 0 Å². The maximum absolute atomic E-state index is 10.6. The van der Waals surface area contributed by atoms with Gasteiger partial charge in [0.15, 0.2) is 0 Å². The molecule has 2 N–H and O–H groups in total. The van der Waals surface area contributed by atoms with Gasteiger partial charge < -0.3 is 10.4 Å². The molecule has 1 aliphatic carbocycles. The average molecular weight is 315 g/mol. The number of nitrogens with one attached hydrogen (secondary N) is 1. The van der Waals surface area contributed by atoms with E-state index < -0.39 is 4.92 Å². The molecule has 6 heteroatoms. The summed E-state index contributed by atoms with van der Waals surface area (Å²) in [5.74, 6) is 0.456. The zero-order valence-electron chi connectivity index (χ0n) is 9.80. The molecule has 0 amide bonds. The summed E-state index contributed by atoms with van der Waals surface area (Å²) in [5.41, 5.74) is 1.02. The van der Waals surface area contributed by atoms with E-state index in [4.69, 9.17) is 0 Å². The largest absolute Gasteiger partial charge is 0.392 e. The molecule has 5 nitrogen and oxygen atoms in total. The summed E-state index contributed by atoms with van der Waals surface area (Å²) in [5, 5.41) is 23.4. The van der Waals surface area contributed by atoms with E-state index in [1.54, 1.807) is 6.07 Å². The Morgan fingerprint density at radius 2 is 2.28 bits per heavy atom. The molecular formula is C12H15BrN2O3. The molecule has 18 heavy (non-hydrogen) atoms. The zero-order valence-corrected chi connectivity index (χ0v) is 11.4. The number of hydrogen-bond donors (Lipinski definition) is 2. The Morgan fingerprint density at radius 1 is 1.56 bits per heavy atom. The van der Waals surface area contributed by atoms with Crippen molar-refractivity contribution in [2.75, 3.05) is 6.54 Å². The van der Waals surface area contributed by atoms with Gasteiger partial charge in [0.25, 0.3) is 5.69 Å². The second-order valence-electron chi connectivity index (χ2n) is 4.57. The van der Waals surface area contributed by atoms with Crippen molar-refractivity contribution in [2.45, 2.75) is 25.5 Å². The lowest BCUT2D eigenvalue weighted by atomic mass is 10.2. The van der Waals surface area contributed by atoms with E-state index in [1.807, 2.05) is 0 Å². The van der Waals surface area contributed by atoms with Crippen molar-refractivity contribution >= 4 is 21.6 Å². The Balaban J connectivity index is 1.86. The number of nitro groups is 1. The standard InChI is InChI=1S/C12H15BrN2O3/c13-11-5-10(15(17)18)4-3-9(11)6-14-7-12(16)8-1-2-8/h3-5,8,12,14,16H,1-2,6-7H2. The van der Waals surface area contributed by atoms with Crippen LogP contribution in [0.4, 0.5) is 5.69 Å². The summed E-state index contributed by atoms with van der Waals surface area (Å²) in [4.78, 5) is 10.2. The third-order valence-electron chi connectivity index (χ3n) is 3.08. The van der Waals surface area contributed by atoms with E-state index >= 15 is 0 Å². The highest BCUT2D eigenvalue weighted by Gasteiger charge is 2.29.